The van der Waals surface area contributed by atoms with Crippen molar-refractivity contribution in [2.24, 2.45) is 0 Å². The second-order valence-corrected chi connectivity index (χ2v) is 16.1. The van der Waals surface area contributed by atoms with Crippen molar-refractivity contribution in [1.82, 2.24) is 19.6 Å². The second-order valence-electron chi connectivity index (χ2n) is 10.5. The number of rotatable bonds is 8. The van der Waals surface area contributed by atoms with Gasteiger partial charge in [0.1, 0.15) is 24.6 Å². The Balaban J connectivity index is 1.72. The van der Waals surface area contributed by atoms with Gasteiger partial charge in [0.05, 0.1) is 18.0 Å². The molecule has 1 aliphatic rings. The first-order valence-corrected chi connectivity index (χ1v) is 16.4. The molecule has 1 aliphatic heterocycles. The Morgan fingerprint density at radius 3 is 2.54 bits per heavy atom. The third-order valence-electron chi connectivity index (χ3n) is 7.08. The normalized spacial score (nSPS) is 23.3. The number of carbonyl (C=O) groups excluding carboxylic acids is 1. The molecule has 0 radical (unpaired) electrons. The number of nitrogens with zero attached hydrogens (tertiary/aromatic N) is 4. The Morgan fingerprint density at radius 2 is 1.92 bits per heavy atom. The molecule has 11 nitrogen and oxygen atoms in total. The molecule has 1 saturated heterocycles. The zero-order valence-electron chi connectivity index (χ0n) is 21.8. The molecule has 2 aromatic heterocycles. The summed E-state index contributed by atoms with van der Waals surface area (Å²) in [5.74, 6) is -0.0789. The monoisotopic (exact) mass is 547 g/mol. The molecule has 5 atom stereocenters. The van der Waals surface area contributed by atoms with Crippen LogP contribution in [0.15, 0.2) is 42.9 Å². The Hall–Kier alpha value is -2.47. The summed E-state index contributed by atoms with van der Waals surface area (Å²) >= 11 is 0. The first-order chi connectivity index (χ1) is 17.4. The minimum absolute atomic E-state index is 0.118. The Labute approximate surface area is 217 Å². The number of fused-ring (bicyclic) bond motifs is 1. The molecule has 2 N–H and O–H groups in total. The molecule has 3 heterocycles. The molecule has 1 aromatic carbocycles. The average molecular weight is 548 g/mol. The first kappa shape index (κ1) is 27.6. The van der Waals surface area contributed by atoms with E-state index in [-0.39, 0.29) is 16.8 Å². The van der Waals surface area contributed by atoms with E-state index in [1.165, 1.54) is 6.33 Å². The van der Waals surface area contributed by atoms with Gasteiger partial charge in [-0.1, -0.05) is 45.9 Å². The predicted molar refractivity (Wildman–Crippen MR) is 141 cm³/mol. The van der Waals surface area contributed by atoms with Crippen molar-refractivity contribution in [3.63, 3.8) is 0 Å². The summed E-state index contributed by atoms with van der Waals surface area (Å²) in [5.41, 5.74) is 1.39. The van der Waals surface area contributed by atoms with Gasteiger partial charge in [-0.25, -0.2) is 14.5 Å². The van der Waals surface area contributed by atoms with Crippen molar-refractivity contribution in [1.29, 1.82) is 0 Å². The standard InChI is InChI=1S/C24H34N5O6PSi/c1-7-17-19(34-36(31)32)20(35-37(5,6)24(2,3)4)18(33-17)16-13-25-22-21(26-14-27-29(16)22)28-23(30)15-11-9-8-10-12-15/h8-14,17-20,36H,7H2,1-6H3,(H,31,32)(H,26,27,28,30)/t17-,18+,19?,20-/m1/s1. The van der Waals surface area contributed by atoms with Gasteiger partial charge in [-0.15, -0.1) is 0 Å². The summed E-state index contributed by atoms with van der Waals surface area (Å²) in [6.45, 7) is 12.5. The van der Waals surface area contributed by atoms with Crippen LogP contribution in [0.4, 0.5) is 5.82 Å². The molecule has 1 fully saturated rings. The molecule has 0 bridgehead atoms. The highest BCUT2D eigenvalue weighted by Crippen LogP contribution is 2.46. The number of aromatic nitrogens is 4. The number of anilines is 1. The summed E-state index contributed by atoms with van der Waals surface area (Å²) in [4.78, 5) is 31.1. The van der Waals surface area contributed by atoms with E-state index >= 15 is 0 Å². The van der Waals surface area contributed by atoms with Gasteiger partial charge in [-0.2, -0.15) is 5.10 Å². The fraction of sp³-hybridized carbons (Fsp3) is 0.500. The summed E-state index contributed by atoms with van der Waals surface area (Å²) in [5, 5.41) is 7.04. The summed E-state index contributed by atoms with van der Waals surface area (Å²) in [6, 6.07) is 8.80. The number of hydrogen-bond acceptors (Lipinski definition) is 8. The van der Waals surface area contributed by atoms with Crippen molar-refractivity contribution < 1.29 is 27.9 Å². The third kappa shape index (κ3) is 5.69. The van der Waals surface area contributed by atoms with Crippen LogP contribution < -0.4 is 5.32 Å². The van der Waals surface area contributed by atoms with Crippen LogP contribution in [-0.4, -0.2) is 57.0 Å². The Bertz CT molecular complexity index is 1280. The molecule has 2 unspecified atom stereocenters. The van der Waals surface area contributed by atoms with Gasteiger partial charge in [0.2, 0.25) is 0 Å². The Kier molecular flexibility index (Phi) is 7.98. The lowest BCUT2D eigenvalue weighted by Gasteiger charge is -2.40. The van der Waals surface area contributed by atoms with E-state index in [1.54, 1.807) is 35.0 Å². The number of hydrogen-bond donors (Lipinski definition) is 2. The van der Waals surface area contributed by atoms with Gasteiger partial charge in [0.25, 0.3) is 5.91 Å². The maximum Gasteiger partial charge on any atom is 0.317 e. The molecule has 1 amide bonds. The third-order valence-corrected chi connectivity index (χ3v) is 12.0. The largest absolute Gasteiger partial charge is 0.408 e. The van der Waals surface area contributed by atoms with Crippen LogP contribution in [0.3, 0.4) is 0 Å². The highest BCUT2D eigenvalue weighted by Gasteiger charge is 2.52. The SMILES string of the molecule is CC[C@H]1O[C@@H](c2cnc3c(NC(=O)c4ccccc4)ncnn23)[C@@H](O[Si](C)(C)C(C)(C)C)C1O[PH](=O)O. The molecule has 200 valence electrons. The van der Waals surface area contributed by atoms with Crippen LogP contribution in [0.2, 0.25) is 18.1 Å². The lowest BCUT2D eigenvalue weighted by Crippen LogP contribution is -2.48. The van der Waals surface area contributed by atoms with E-state index < -0.39 is 41.0 Å². The predicted octanol–water partition coefficient (Wildman–Crippen LogP) is 4.38. The van der Waals surface area contributed by atoms with Crippen LogP contribution in [0.5, 0.6) is 0 Å². The zero-order valence-corrected chi connectivity index (χ0v) is 23.8. The van der Waals surface area contributed by atoms with Crippen LogP contribution in [-0.2, 0) is 18.3 Å². The number of carbonyl (C=O) groups is 1. The molecular weight excluding hydrogens is 513 g/mol. The van der Waals surface area contributed by atoms with Gasteiger partial charge in [-0.05, 0) is 36.7 Å². The second kappa shape index (κ2) is 10.7. The van der Waals surface area contributed by atoms with Gasteiger partial charge in [0.15, 0.2) is 19.8 Å². The Morgan fingerprint density at radius 1 is 1.22 bits per heavy atom. The maximum absolute atomic E-state index is 12.7. The van der Waals surface area contributed by atoms with Crippen molar-refractivity contribution in [3.05, 3.63) is 54.1 Å². The summed E-state index contributed by atoms with van der Waals surface area (Å²) in [7, 11) is -5.60. The van der Waals surface area contributed by atoms with Crippen molar-refractivity contribution in [2.45, 2.75) is 76.7 Å². The number of amides is 1. The van der Waals surface area contributed by atoms with Crippen molar-refractivity contribution >= 4 is 33.9 Å². The van der Waals surface area contributed by atoms with Gasteiger partial charge in [-0.3, -0.25) is 9.36 Å². The maximum atomic E-state index is 12.7. The molecule has 37 heavy (non-hydrogen) atoms. The number of imidazole rings is 1. The van der Waals surface area contributed by atoms with E-state index in [9.17, 15) is 14.3 Å². The first-order valence-electron chi connectivity index (χ1n) is 12.2. The number of nitrogens with one attached hydrogen (secondary N) is 1. The van der Waals surface area contributed by atoms with E-state index in [4.69, 9.17) is 13.7 Å². The van der Waals surface area contributed by atoms with Crippen molar-refractivity contribution in [3.8, 4) is 0 Å². The zero-order chi connectivity index (χ0) is 27.0. The topological polar surface area (TPSA) is 137 Å². The lowest BCUT2D eigenvalue weighted by atomic mass is 10.0. The number of ether oxygens (including phenoxy) is 1. The fourth-order valence-corrected chi connectivity index (χ4v) is 5.90. The van der Waals surface area contributed by atoms with Crippen molar-refractivity contribution in [2.75, 3.05) is 5.32 Å². The van der Waals surface area contributed by atoms with Gasteiger partial charge >= 0.3 is 8.25 Å². The van der Waals surface area contributed by atoms with Crippen LogP contribution >= 0.6 is 8.25 Å². The van der Waals surface area contributed by atoms with E-state index in [1.807, 2.05) is 13.0 Å². The van der Waals surface area contributed by atoms with Crippen LogP contribution in [0.25, 0.3) is 5.65 Å². The minimum atomic E-state index is -3.25. The molecule has 4 rings (SSSR count). The average Bonchev–Trinajstić information content (AvgIpc) is 3.40. The molecule has 0 aliphatic carbocycles. The molecule has 3 aromatic rings. The lowest BCUT2D eigenvalue weighted by molar-refractivity contribution is 0.00534. The molecule has 0 saturated carbocycles. The highest BCUT2D eigenvalue weighted by atomic mass is 31.1. The number of benzene rings is 1. The highest BCUT2D eigenvalue weighted by molar-refractivity contribution is 7.32. The quantitative estimate of drug-likeness (QED) is 0.311. The minimum Gasteiger partial charge on any atom is -0.408 e. The molecular formula is C24H34N5O6PSi. The van der Waals surface area contributed by atoms with Gasteiger partial charge in [0, 0.05) is 5.56 Å². The van der Waals surface area contributed by atoms with Crippen LogP contribution in [0, 0.1) is 0 Å². The molecule has 13 heteroatoms. The van der Waals surface area contributed by atoms with Crippen LogP contribution in [0.1, 0.15) is 56.3 Å². The smallest absolute Gasteiger partial charge is 0.317 e. The molecule has 0 spiro atoms. The van der Waals surface area contributed by atoms with E-state index in [0.29, 0.717) is 23.3 Å². The summed E-state index contributed by atoms with van der Waals surface area (Å²) < 4.78 is 32.0. The van der Waals surface area contributed by atoms with E-state index in [2.05, 4.69) is 54.2 Å². The van der Waals surface area contributed by atoms with E-state index in [0.717, 1.165) is 0 Å². The summed E-state index contributed by atoms with van der Waals surface area (Å²) in [6.07, 6.45) is 0.937. The van der Waals surface area contributed by atoms with Gasteiger partial charge < -0.3 is 23.9 Å². The fourth-order valence-electron chi connectivity index (χ4n) is 4.08.